The average molecular weight is 497 g/mol. The zero-order chi connectivity index (χ0) is 24.5. The molecule has 0 aliphatic carbocycles. The molecular formula is C22H28N2O7S2. The molecule has 33 heavy (non-hydrogen) atoms. The van der Waals surface area contributed by atoms with E-state index in [1.54, 1.807) is 12.1 Å². The fourth-order valence-electron chi connectivity index (χ4n) is 4.12. The maximum atomic E-state index is 13.0. The lowest BCUT2D eigenvalue weighted by molar-refractivity contribution is -0.159. The molecule has 1 N–H and O–H groups in total. The topological polar surface area (TPSA) is 127 Å². The smallest absolute Gasteiger partial charge is 0.356 e. The van der Waals surface area contributed by atoms with Gasteiger partial charge in [-0.25, -0.2) is 13.2 Å². The van der Waals surface area contributed by atoms with Gasteiger partial charge in [0.1, 0.15) is 12.3 Å². The van der Waals surface area contributed by atoms with Crippen molar-refractivity contribution >= 4 is 38.4 Å². The molecule has 0 aromatic heterocycles. The molecule has 2 aliphatic heterocycles. The number of carbonyl (C=O) groups is 3. The molecule has 1 aromatic rings. The Morgan fingerprint density at radius 3 is 2.42 bits per heavy atom. The van der Waals surface area contributed by atoms with Crippen molar-refractivity contribution in [1.29, 1.82) is 0 Å². The van der Waals surface area contributed by atoms with E-state index >= 15 is 0 Å². The third kappa shape index (κ3) is 5.35. The Kier molecular flexibility index (Phi) is 7.42. The number of ether oxygens (including phenoxy) is 1. The minimum Gasteiger partial charge on any atom is -0.456 e. The second-order valence-corrected chi connectivity index (χ2v) is 12.2. The van der Waals surface area contributed by atoms with Gasteiger partial charge in [0.2, 0.25) is 11.8 Å². The lowest BCUT2D eigenvalue weighted by Gasteiger charge is -2.45. The van der Waals surface area contributed by atoms with E-state index in [2.05, 4.69) is 5.32 Å². The number of fused-ring (bicyclic) bond motifs is 1. The van der Waals surface area contributed by atoms with Crippen molar-refractivity contribution in [3.05, 3.63) is 40.4 Å². The lowest BCUT2D eigenvalue weighted by atomic mass is 9.79. The SMILES string of the molecule is CC(=O)NCCS(=O)C1=C(C(=O)OCc2ccc(S(C)(=O)=O)cc2)N2C(=O)C(C(C)C)C2C1. The Morgan fingerprint density at radius 1 is 1.24 bits per heavy atom. The monoisotopic (exact) mass is 496 g/mol. The summed E-state index contributed by atoms with van der Waals surface area (Å²) >= 11 is 0. The van der Waals surface area contributed by atoms with E-state index in [0.29, 0.717) is 16.9 Å². The van der Waals surface area contributed by atoms with Gasteiger partial charge in [0, 0.05) is 36.8 Å². The number of β-lactam (4-membered cyclic amide) rings is 1. The number of rotatable bonds is 9. The second kappa shape index (κ2) is 9.76. The van der Waals surface area contributed by atoms with Crippen LogP contribution in [0.4, 0.5) is 0 Å². The van der Waals surface area contributed by atoms with Gasteiger partial charge < -0.3 is 15.0 Å². The molecule has 180 valence electrons. The molecule has 3 atom stereocenters. The molecule has 3 unspecified atom stereocenters. The Labute approximate surface area is 195 Å². The number of sulfone groups is 1. The first-order valence-corrected chi connectivity index (χ1v) is 13.8. The van der Waals surface area contributed by atoms with Crippen molar-refractivity contribution in [1.82, 2.24) is 10.2 Å². The molecule has 3 rings (SSSR count). The van der Waals surface area contributed by atoms with E-state index in [0.717, 1.165) is 6.26 Å². The van der Waals surface area contributed by atoms with Crippen LogP contribution in [0.5, 0.6) is 0 Å². The molecule has 2 aliphatic rings. The van der Waals surface area contributed by atoms with Crippen molar-refractivity contribution in [2.24, 2.45) is 11.8 Å². The number of amides is 2. The quantitative estimate of drug-likeness (QED) is 0.401. The van der Waals surface area contributed by atoms with Gasteiger partial charge in [-0.2, -0.15) is 0 Å². The summed E-state index contributed by atoms with van der Waals surface area (Å²) in [6.07, 6.45) is 1.43. The standard InChI is InChI=1S/C22H28N2O7S2/c1-13(2)19-17-11-18(32(28)10-9-23-14(3)25)20(24(17)21(19)26)22(27)31-12-15-5-7-16(8-6-15)33(4,29)30/h5-8,13,17,19H,9-12H2,1-4H3,(H,23,25). The highest BCUT2D eigenvalue weighted by Crippen LogP contribution is 2.46. The molecule has 11 heteroatoms. The summed E-state index contributed by atoms with van der Waals surface area (Å²) in [4.78, 5) is 38.7. The van der Waals surface area contributed by atoms with Crippen molar-refractivity contribution in [2.75, 3.05) is 18.6 Å². The van der Waals surface area contributed by atoms with Gasteiger partial charge in [0.05, 0.1) is 27.7 Å². The fourth-order valence-corrected chi connectivity index (χ4v) is 6.04. The summed E-state index contributed by atoms with van der Waals surface area (Å²) in [7, 11) is -4.90. The second-order valence-electron chi connectivity index (χ2n) is 8.55. The van der Waals surface area contributed by atoms with Crippen molar-refractivity contribution < 1.29 is 31.7 Å². The summed E-state index contributed by atoms with van der Waals surface area (Å²) in [5, 5.41) is 2.59. The van der Waals surface area contributed by atoms with Crippen molar-refractivity contribution in [2.45, 2.75) is 44.7 Å². The normalized spacial score (nSPS) is 21.0. The molecule has 1 aromatic carbocycles. The van der Waals surface area contributed by atoms with E-state index in [9.17, 15) is 27.0 Å². The predicted molar refractivity (Wildman–Crippen MR) is 122 cm³/mol. The summed E-state index contributed by atoms with van der Waals surface area (Å²) in [5.74, 6) is -1.22. The van der Waals surface area contributed by atoms with Gasteiger partial charge in [-0.1, -0.05) is 26.0 Å². The minimum absolute atomic E-state index is 0.0239. The van der Waals surface area contributed by atoms with Gasteiger partial charge in [-0.3, -0.25) is 13.8 Å². The van der Waals surface area contributed by atoms with Crippen LogP contribution in [0, 0.1) is 11.8 Å². The van der Waals surface area contributed by atoms with Crippen LogP contribution in [0.15, 0.2) is 39.8 Å². The average Bonchev–Trinajstić information content (AvgIpc) is 3.06. The molecule has 1 fully saturated rings. The first-order valence-electron chi connectivity index (χ1n) is 10.6. The molecule has 0 bridgehead atoms. The van der Waals surface area contributed by atoms with Gasteiger partial charge in [-0.15, -0.1) is 0 Å². The third-order valence-corrected chi connectivity index (χ3v) is 8.35. The third-order valence-electron chi connectivity index (χ3n) is 5.74. The molecule has 0 spiro atoms. The molecule has 2 heterocycles. The highest BCUT2D eigenvalue weighted by Gasteiger charge is 2.56. The van der Waals surface area contributed by atoms with E-state index in [1.807, 2.05) is 13.8 Å². The number of nitrogens with one attached hydrogen (secondary N) is 1. The lowest BCUT2D eigenvalue weighted by Crippen LogP contribution is -2.60. The zero-order valence-corrected chi connectivity index (χ0v) is 20.6. The number of hydrogen-bond donors (Lipinski definition) is 1. The van der Waals surface area contributed by atoms with Crippen LogP contribution < -0.4 is 5.32 Å². The number of carbonyl (C=O) groups excluding carboxylic acids is 3. The Bertz CT molecular complexity index is 1120. The minimum atomic E-state index is -3.34. The number of benzene rings is 1. The van der Waals surface area contributed by atoms with Gasteiger partial charge in [0.25, 0.3) is 0 Å². The molecule has 2 amide bonds. The van der Waals surface area contributed by atoms with Crippen LogP contribution in [-0.4, -0.2) is 59.9 Å². The molecule has 0 radical (unpaired) electrons. The summed E-state index contributed by atoms with van der Waals surface area (Å²) < 4.78 is 41.5. The highest BCUT2D eigenvalue weighted by atomic mass is 32.2. The molecule has 1 saturated heterocycles. The summed E-state index contributed by atoms with van der Waals surface area (Å²) in [6.45, 7) is 5.29. The number of hydrogen-bond acceptors (Lipinski definition) is 7. The molecule has 9 nitrogen and oxygen atoms in total. The van der Waals surface area contributed by atoms with Crippen molar-refractivity contribution in [3.8, 4) is 0 Å². The Balaban J connectivity index is 1.77. The summed E-state index contributed by atoms with van der Waals surface area (Å²) in [5.41, 5.74) is 0.602. The van der Waals surface area contributed by atoms with Crippen LogP contribution in [0.1, 0.15) is 32.8 Å². The first kappa shape index (κ1) is 25.1. The van der Waals surface area contributed by atoms with Crippen LogP contribution >= 0.6 is 0 Å². The van der Waals surface area contributed by atoms with E-state index < -0.39 is 26.6 Å². The van der Waals surface area contributed by atoms with E-state index in [-0.39, 0.29) is 59.2 Å². The van der Waals surface area contributed by atoms with Crippen molar-refractivity contribution in [3.63, 3.8) is 0 Å². The molecule has 0 saturated carbocycles. The Morgan fingerprint density at radius 2 is 1.88 bits per heavy atom. The maximum Gasteiger partial charge on any atom is 0.356 e. The van der Waals surface area contributed by atoms with Crippen LogP contribution in [-0.2, 0) is 46.4 Å². The van der Waals surface area contributed by atoms with Crippen LogP contribution in [0.2, 0.25) is 0 Å². The number of esters is 1. The predicted octanol–water partition coefficient (Wildman–Crippen LogP) is 1.12. The van der Waals surface area contributed by atoms with E-state index in [1.165, 1.54) is 24.0 Å². The summed E-state index contributed by atoms with van der Waals surface area (Å²) in [6, 6.07) is 5.72. The van der Waals surface area contributed by atoms with Crippen LogP contribution in [0.3, 0.4) is 0 Å². The number of nitrogens with zero attached hydrogens (tertiary/aromatic N) is 1. The van der Waals surface area contributed by atoms with Gasteiger partial charge in [-0.05, 0) is 23.6 Å². The first-order chi connectivity index (χ1) is 15.4. The van der Waals surface area contributed by atoms with Gasteiger partial charge >= 0.3 is 5.97 Å². The highest BCUT2D eigenvalue weighted by molar-refractivity contribution is 7.90. The molecular weight excluding hydrogens is 468 g/mol. The maximum absolute atomic E-state index is 13.0. The fraction of sp³-hybridized carbons (Fsp3) is 0.500. The van der Waals surface area contributed by atoms with Gasteiger partial charge in [0.15, 0.2) is 9.84 Å². The largest absolute Gasteiger partial charge is 0.456 e. The van der Waals surface area contributed by atoms with E-state index in [4.69, 9.17) is 4.74 Å². The van der Waals surface area contributed by atoms with Crippen LogP contribution in [0.25, 0.3) is 0 Å². The zero-order valence-electron chi connectivity index (χ0n) is 19.0. The Hall–Kier alpha value is -2.53.